The summed E-state index contributed by atoms with van der Waals surface area (Å²) in [4.78, 5) is 35.6. The maximum Gasteiger partial charge on any atom is 0.290 e. The van der Waals surface area contributed by atoms with Crippen molar-refractivity contribution in [1.29, 1.82) is 0 Å². The van der Waals surface area contributed by atoms with E-state index in [1.165, 1.54) is 25.7 Å². The van der Waals surface area contributed by atoms with Gasteiger partial charge in [0.05, 0.1) is 6.54 Å². The van der Waals surface area contributed by atoms with Crippen LogP contribution >= 0.6 is 0 Å². The number of nitrogens with zero attached hydrogens (tertiary/aromatic N) is 2. The van der Waals surface area contributed by atoms with Crippen molar-refractivity contribution in [3.05, 3.63) is 0 Å². The van der Waals surface area contributed by atoms with Crippen molar-refractivity contribution in [3.8, 4) is 0 Å². The number of amides is 2. The summed E-state index contributed by atoms with van der Waals surface area (Å²) in [5, 5.41) is 10.6. The smallest absolute Gasteiger partial charge is 0.290 e. The van der Waals surface area contributed by atoms with Crippen LogP contribution in [0.3, 0.4) is 0 Å². The van der Waals surface area contributed by atoms with Gasteiger partial charge in [-0.25, -0.2) is 0 Å². The molecule has 1 aliphatic heterocycles. The molecule has 1 saturated carbocycles. The minimum Gasteiger partial charge on any atom is -0.483 e. The van der Waals surface area contributed by atoms with Gasteiger partial charge in [0, 0.05) is 39.6 Å². The van der Waals surface area contributed by atoms with Gasteiger partial charge < -0.3 is 20.2 Å². The molecule has 7 nitrogen and oxygen atoms in total. The van der Waals surface area contributed by atoms with Crippen LogP contribution in [0.5, 0.6) is 0 Å². The van der Waals surface area contributed by atoms with Gasteiger partial charge in [0.2, 0.25) is 11.8 Å². The molecule has 2 rings (SSSR count). The third-order valence-electron chi connectivity index (χ3n) is 5.56. The van der Waals surface area contributed by atoms with E-state index in [0.717, 1.165) is 19.4 Å². The molecule has 2 fully saturated rings. The highest BCUT2D eigenvalue weighted by atomic mass is 16.3. The molecule has 0 bridgehead atoms. The number of hydrogen-bond acceptors (Lipinski definition) is 4. The van der Waals surface area contributed by atoms with Gasteiger partial charge in [-0.2, -0.15) is 0 Å². The summed E-state index contributed by atoms with van der Waals surface area (Å²) >= 11 is 0. The predicted molar refractivity (Wildman–Crippen MR) is 96.2 cm³/mol. The van der Waals surface area contributed by atoms with E-state index < -0.39 is 0 Å². The first-order valence-corrected chi connectivity index (χ1v) is 9.16. The molecule has 2 N–H and O–H groups in total. The van der Waals surface area contributed by atoms with Crippen LogP contribution in [-0.4, -0.2) is 73.0 Å². The molecule has 1 aliphatic carbocycles. The zero-order valence-corrected chi connectivity index (χ0v) is 15.8. The Morgan fingerprint density at radius 1 is 1.40 bits per heavy atom. The van der Waals surface area contributed by atoms with Crippen molar-refractivity contribution in [2.24, 2.45) is 5.41 Å². The van der Waals surface area contributed by atoms with Crippen molar-refractivity contribution in [2.75, 3.05) is 33.7 Å². The molecule has 144 valence electrons. The Labute approximate surface area is 150 Å². The number of likely N-dealkylation sites (tertiary alicyclic amines) is 1. The highest BCUT2D eigenvalue weighted by Gasteiger charge is 2.35. The van der Waals surface area contributed by atoms with E-state index in [2.05, 4.69) is 12.2 Å². The van der Waals surface area contributed by atoms with Crippen molar-refractivity contribution in [2.45, 2.75) is 57.9 Å². The monoisotopic (exact) mass is 355 g/mol. The normalized spacial score (nSPS) is 22.1. The number of likely N-dealkylation sites (N-methyl/N-ethyl adjacent to an activating group) is 1. The summed E-state index contributed by atoms with van der Waals surface area (Å²) in [5.74, 6) is 0.118. The number of carbonyl (C=O) groups excluding carboxylic acids is 2. The van der Waals surface area contributed by atoms with Gasteiger partial charge >= 0.3 is 0 Å². The standard InChI is InChI=1S/C17H31N3O2.CH2O2/c1-4-17(9-5-10-17)13-18-14-6-7-15(21)20(11-8-14)12-16(22)19(2)3;2-1-3/h14,18H,4-13H2,1-3H3;1H,(H,2,3). The van der Waals surface area contributed by atoms with Crippen molar-refractivity contribution < 1.29 is 19.5 Å². The van der Waals surface area contributed by atoms with Gasteiger partial charge in [0.15, 0.2) is 0 Å². The second-order valence-corrected chi connectivity index (χ2v) is 7.32. The van der Waals surface area contributed by atoms with Crippen LogP contribution in [0.4, 0.5) is 0 Å². The van der Waals surface area contributed by atoms with Gasteiger partial charge in [0.1, 0.15) is 0 Å². The van der Waals surface area contributed by atoms with E-state index >= 15 is 0 Å². The number of rotatable bonds is 6. The molecular weight excluding hydrogens is 322 g/mol. The molecule has 1 unspecified atom stereocenters. The maximum atomic E-state index is 12.2. The Hall–Kier alpha value is -1.63. The van der Waals surface area contributed by atoms with E-state index in [9.17, 15) is 9.59 Å². The van der Waals surface area contributed by atoms with Crippen molar-refractivity contribution in [1.82, 2.24) is 15.1 Å². The van der Waals surface area contributed by atoms with E-state index in [4.69, 9.17) is 9.90 Å². The molecule has 1 saturated heterocycles. The topological polar surface area (TPSA) is 90.0 Å². The molecule has 1 heterocycles. The average Bonchev–Trinajstić information content (AvgIpc) is 2.70. The van der Waals surface area contributed by atoms with E-state index in [1.54, 1.807) is 23.9 Å². The molecule has 25 heavy (non-hydrogen) atoms. The fourth-order valence-corrected chi connectivity index (χ4v) is 3.41. The fourth-order valence-electron chi connectivity index (χ4n) is 3.41. The van der Waals surface area contributed by atoms with Crippen molar-refractivity contribution in [3.63, 3.8) is 0 Å². The second-order valence-electron chi connectivity index (χ2n) is 7.32. The molecule has 0 aromatic rings. The first kappa shape index (κ1) is 21.4. The van der Waals surface area contributed by atoms with Crippen LogP contribution in [0.25, 0.3) is 0 Å². The molecule has 0 spiro atoms. The van der Waals surface area contributed by atoms with E-state index in [1.807, 2.05) is 0 Å². The largest absolute Gasteiger partial charge is 0.483 e. The summed E-state index contributed by atoms with van der Waals surface area (Å²) in [6.45, 7) is 4.03. The molecule has 0 radical (unpaired) electrons. The van der Waals surface area contributed by atoms with Gasteiger partial charge in [0.25, 0.3) is 6.47 Å². The SMILES string of the molecule is CCC1(CNC2CCC(=O)N(CC(=O)N(C)C)CC2)CCC1.O=CO. The average molecular weight is 355 g/mol. The van der Waals surface area contributed by atoms with Gasteiger partial charge in [-0.05, 0) is 37.5 Å². The first-order valence-electron chi connectivity index (χ1n) is 9.16. The summed E-state index contributed by atoms with van der Waals surface area (Å²) in [6.07, 6.45) is 7.68. The van der Waals surface area contributed by atoms with Crippen LogP contribution in [0.15, 0.2) is 0 Å². The molecular formula is C18H33N3O4. The van der Waals surface area contributed by atoms with Crippen LogP contribution in [0.1, 0.15) is 51.9 Å². The lowest BCUT2D eigenvalue weighted by Crippen LogP contribution is -2.44. The summed E-state index contributed by atoms with van der Waals surface area (Å²) < 4.78 is 0. The van der Waals surface area contributed by atoms with E-state index in [-0.39, 0.29) is 24.8 Å². The minimum atomic E-state index is -0.250. The highest BCUT2D eigenvalue weighted by Crippen LogP contribution is 2.43. The molecule has 1 atom stereocenters. The van der Waals surface area contributed by atoms with Gasteiger partial charge in [-0.1, -0.05) is 13.3 Å². The van der Waals surface area contributed by atoms with Crippen LogP contribution < -0.4 is 5.32 Å². The second kappa shape index (κ2) is 10.4. The Morgan fingerprint density at radius 2 is 2.04 bits per heavy atom. The Kier molecular flexibility index (Phi) is 8.89. The zero-order valence-electron chi connectivity index (χ0n) is 15.8. The fraction of sp³-hybridized carbons (Fsp3) is 0.833. The lowest BCUT2D eigenvalue weighted by atomic mass is 9.67. The Morgan fingerprint density at radius 3 is 2.52 bits per heavy atom. The lowest BCUT2D eigenvalue weighted by molar-refractivity contribution is -0.138. The van der Waals surface area contributed by atoms with Gasteiger partial charge in [-0.3, -0.25) is 14.4 Å². The maximum absolute atomic E-state index is 12.2. The van der Waals surface area contributed by atoms with Crippen LogP contribution in [0.2, 0.25) is 0 Å². The van der Waals surface area contributed by atoms with Crippen molar-refractivity contribution >= 4 is 18.3 Å². The molecule has 0 aromatic heterocycles. The molecule has 2 amide bonds. The Bertz CT molecular complexity index is 444. The Balaban J connectivity index is 0.000000970. The minimum absolute atomic E-state index is 0.000775. The van der Waals surface area contributed by atoms with Crippen LogP contribution in [-0.2, 0) is 14.4 Å². The number of nitrogens with one attached hydrogen (secondary N) is 1. The van der Waals surface area contributed by atoms with Crippen LogP contribution in [0, 0.1) is 5.41 Å². The number of carbonyl (C=O) groups is 3. The molecule has 7 heteroatoms. The predicted octanol–water partition coefficient (Wildman–Crippen LogP) is 1.33. The number of carboxylic acid groups (broad SMARTS) is 1. The molecule has 2 aliphatic rings. The molecule has 0 aromatic carbocycles. The highest BCUT2D eigenvalue weighted by molar-refractivity contribution is 5.84. The summed E-state index contributed by atoms with van der Waals surface area (Å²) in [6, 6.07) is 0.410. The lowest BCUT2D eigenvalue weighted by Gasteiger charge is -2.42. The third-order valence-corrected chi connectivity index (χ3v) is 5.56. The van der Waals surface area contributed by atoms with Gasteiger partial charge in [-0.15, -0.1) is 0 Å². The zero-order chi connectivity index (χ0) is 18.9. The first-order chi connectivity index (χ1) is 11.9. The summed E-state index contributed by atoms with van der Waals surface area (Å²) in [5.41, 5.74) is 0.511. The quantitative estimate of drug-likeness (QED) is 0.702. The number of hydrogen-bond donors (Lipinski definition) is 2. The third kappa shape index (κ3) is 6.65. The summed E-state index contributed by atoms with van der Waals surface area (Å²) in [7, 11) is 3.47. The van der Waals surface area contributed by atoms with E-state index in [0.29, 0.717) is 24.4 Å².